The van der Waals surface area contributed by atoms with Crippen LogP contribution in [0.3, 0.4) is 0 Å². The highest BCUT2D eigenvalue weighted by atomic mass is 32.1. The van der Waals surface area contributed by atoms with Gasteiger partial charge in [-0.2, -0.15) is 5.26 Å². The van der Waals surface area contributed by atoms with Crippen LogP contribution in [0, 0.1) is 30.6 Å². The second-order valence-electron chi connectivity index (χ2n) is 5.47. The number of piperidine rings is 1. The Morgan fingerprint density at radius 1 is 1.55 bits per heavy atom. The smallest absolute Gasteiger partial charge is 0.232 e. The van der Waals surface area contributed by atoms with E-state index in [4.69, 9.17) is 0 Å². The molecule has 0 saturated carbocycles. The summed E-state index contributed by atoms with van der Waals surface area (Å²) < 4.78 is 0. The molecular weight excluding hydrogens is 270 g/mol. The van der Waals surface area contributed by atoms with Gasteiger partial charge >= 0.3 is 0 Å². The van der Waals surface area contributed by atoms with Crippen LogP contribution in [0.5, 0.6) is 0 Å². The van der Waals surface area contributed by atoms with Crippen molar-refractivity contribution in [2.75, 3.05) is 18.4 Å². The lowest BCUT2D eigenvalue weighted by Crippen LogP contribution is -2.47. The largest absolute Gasteiger partial charge is 0.316 e. The quantitative estimate of drug-likeness (QED) is 0.900. The molecule has 2 N–H and O–H groups in total. The Balaban J connectivity index is 2.23. The molecule has 1 atom stereocenters. The highest BCUT2D eigenvalue weighted by molar-refractivity contribution is 7.16. The number of carbonyl (C=O) groups is 1. The molecule has 2 rings (SSSR count). The molecule has 1 aromatic rings. The minimum absolute atomic E-state index is 0.0463. The molecule has 1 aliphatic heterocycles. The molecule has 1 saturated heterocycles. The minimum atomic E-state index is -0.337. The number of hydrogen-bond donors (Lipinski definition) is 2. The Morgan fingerprint density at radius 3 is 2.85 bits per heavy atom. The van der Waals surface area contributed by atoms with Crippen LogP contribution >= 0.6 is 11.3 Å². The number of rotatable bonds is 3. The van der Waals surface area contributed by atoms with Gasteiger partial charge < -0.3 is 10.6 Å². The van der Waals surface area contributed by atoms with E-state index in [1.54, 1.807) is 0 Å². The van der Waals surface area contributed by atoms with Gasteiger partial charge in [-0.3, -0.25) is 4.79 Å². The molecule has 0 aliphatic carbocycles. The topological polar surface area (TPSA) is 64.9 Å². The fourth-order valence-electron chi connectivity index (χ4n) is 2.71. The van der Waals surface area contributed by atoms with Crippen LogP contribution in [0.4, 0.5) is 5.00 Å². The Bertz CT molecular complexity index is 550. The number of nitriles is 1. The van der Waals surface area contributed by atoms with Crippen molar-refractivity contribution in [1.82, 2.24) is 5.32 Å². The lowest BCUT2D eigenvalue weighted by molar-refractivity contribution is -0.126. The molecule has 5 heteroatoms. The van der Waals surface area contributed by atoms with Crippen LogP contribution in [-0.2, 0) is 4.79 Å². The van der Waals surface area contributed by atoms with Gasteiger partial charge in [-0.1, -0.05) is 6.92 Å². The van der Waals surface area contributed by atoms with Crippen molar-refractivity contribution in [2.24, 2.45) is 5.41 Å². The van der Waals surface area contributed by atoms with Crippen molar-refractivity contribution in [2.45, 2.75) is 40.0 Å². The molecular formula is C15H21N3OS. The summed E-state index contributed by atoms with van der Waals surface area (Å²) in [6.45, 7) is 7.67. The number of amides is 1. The van der Waals surface area contributed by atoms with Gasteiger partial charge in [0, 0.05) is 11.4 Å². The van der Waals surface area contributed by atoms with E-state index in [1.807, 2.05) is 13.8 Å². The standard InChI is InChI=1S/C15H21N3OS/c1-4-15(6-5-7-17-9-15)14(19)18-13-12(8-16)10(2)11(3)20-13/h17H,4-7,9H2,1-3H3,(H,18,19). The summed E-state index contributed by atoms with van der Waals surface area (Å²) in [6, 6.07) is 2.20. The summed E-state index contributed by atoms with van der Waals surface area (Å²) in [5.41, 5.74) is 1.24. The number of aryl methyl sites for hydroxylation is 1. The van der Waals surface area contributed by atoms with Crippen LogP contribution in [0.25, 0.3) is 0 Å². The van der Waals surface area contributed by atoms with Crippen molar-refractivity contribution in [3.8, 4) is 6.07 Å². The van der Waals surface area contributed by atoms with E-state index in [-0.39, 0.29) is 11.3 Å². The average molecular weight is 291 g/mol. The van der Waals surface area contributed by atoms with Crippen LogP contribution < -0.4 is 10.6 Å². The molecule has 1 aromatic heterocycles. The van der Waals surface area contributed by atoms with Crippen molar-refractivity contribution < 1.29 is 4.79 Å². The number of thiophene rings is 1. The third kappa shape index (κ3) is 2.58. The first-order valence-electron chi connectivity index (χ1n) is 7.06. The molecule has 1 unspecified atom stereocenters. The SMILES string of the molecule is CCC1(C(=O)Nc2sc(C)c(C)c2C#N)CCCNC1. The maximum atomic E-state index is 12.7. The average Bonchev–Trinajstić information content (AvgIpc) is 2.73. The van der Waals surface area contributed by atoms with E-state index in [0.717, 1.165) is 42.8 Å². The molecule has 0 spiro atoms. The lowest BCUT2D eigenvalue weighted by atomic mass is 9.77. The zero-order valence-corrected chi connectivity index (χ0v) is 13.1. The summed E-state index contributed by atoms with van der Waals surface area (Å²) in [5.74, 6) is 0.0463. The highest BCUT2D eigenvalue weighted by Gasteiger charge is 2.38. The van der Waals surface area contributed by atoms with E-state index >= 15 is 0 Å². The van der Waals surface area contributed by atoms with Gasteiger partial charge in [0.1, 0.15) is 11.1 Å². The molecule has 0 aromatic carbocycles. The van der Waals surface area contributed by atoms with Crippen LogP contribution in [-0.4, -0.2) is 19.0 Å². The first-order chi connectivity index (χ1) is 9.54. The van der Waals surface area contributed by atoms with E-state index in [1.165, 1.54) is 11.3 Å². The van der Waals surface area contributed by atoms with Crippen molar-refractivity contribution >= 4 is 22.2 Å². The Labute approximate surface area is 124 Å². The molecule has 20 heavy (non-hydrogen) atoms. The monoisotopic (exact) mass is 291 g/mol. The number of nitrogens with zero attached hydrogens (tertiary/aromatic N) is 1. The zero-order chi connectivity index (χ0) is 14.8. The first-order valence-corrected chi connectivity index (χ1v) is 7.88. The molecule has 1 amide bonds. The number of anilines is 1. The van der Waals surface area contributed by atoms with Gasteiger partial charge in [0.2, 0.25) is 5.91 Å². The van der Waals surface area contributed by atoms with E-state index < -0.39 is 0 Å². The maximum Gasteiger partial charge on any atom is 0.232 e. The van der Waals surface area contributed by atoms with Gasteiger partial charge in [0.25, 0.3) is 0 Å². The first kappa shape index (κ1) is 15.0. The van der Waals surface area contributed by atoms with Crippen LogP contribution in [0.2, 0.25) is 0 Å². The maximum absolute atomic E-state index is 12.7. The molecule has 2 heterocycles. The van der Waals surface area contributed by atoms with Gasteiger partial charge in [0.15, 0.2) is 0 Å². The van der Waals surface area contributed by atoms with Crippen LogP contribution in [0.15, 0.2) is 0 Å². The summed E-state index contributed by atoms with van der Waals surface area (Å²) in [6.07, 6.45) is 2.75. The fourth-order valence-corrected chi connectivity index (χ4v) is 3.72. The van der Waals surface area contributed by atoms with Gasteiger partial charge in [-0.05, 0) is 45.2 Å². The number of carbonyl (C=O) groups excluding carboxylic acids is 1. The lowest BCUT2D eigenvalue weighted by Gasteiger charge is -2.35. The van der Waals surface area contributed by atoms with Gasteiger partial charge in [-0.15, -0.1) is 11.3 Å². The van der Waals surface area contributed by atoms with Crippen molar-refractivity contribution in [1.29, 1.82) is 5.26 Å². The molecule has 108 valence electrons. The van der Waals surface area contributed by atoms with E-state index in [0.29, 0.717) is 10.6 Å². The summed E-state index contributed by atoms with van der Waals surface area (Å²) in [5, 5.41) is 16.3. The predicted octanol–water partition coefficient (Wildman–Crippen LogP) is 2.95. The highest BCUT2D eigenvalue weighted by Crippen LogP contribution is 2.36. The van der Waals surface area contributed by atoms with Crippen molar-refractivity contribution in [3.05, 3.63) is 16.0 Å². The molecule has 0 radical (unpaired) electrons. The predicted molar refractivity (Wildman–Crippen MR) is 82.0 cm³/mol. The Hall–Kier alpha value is -1.38. The van der Waals surface area contributed by atoms with Crippen molar-refractivity contribution in [3.63, 3.8) is 0 Å². The van der Waals surface area contributed by atoms with E-state index in [9.17, 15) is 10.1 Å². The Morgan fingerprint density at radius 2 is 2.30 bits per heavy atom. The molecule has 4 nitrogen and oxygen atoms in total. The number of hydrogen-bond acceptors (Lipinski definition) is 4. The second kappa shape index (κ2) is 5.94. The normalized spacial score (nSPS) is 22.3. The summed E-state index contributed by atoms with van der Waals surface area (Å²) >= 11 is 1.49. The molecule has 1 fully saturated rings. The Kier molecular flexibility index (Phi) is 4.46. The molecule has 1 aliphatic rings. The minimum Gasteiger partial charge on any atom is -0.316 e. The zero-order valence-electron chi connectivity index (χ0n) is 12.3. The van der Waals surface area contributed by atoms with Crippen LogP contribution in [0.1, 0.15) is 42.2 Å². The summed E-state index contributed by atoms with van der Waals surface area (Å²) in [4.78, 5) is 13.7. The van der Waals surface area contributed by atoms with E-state index in [2.05, 4.69) is 23.6 Å². The van der Waals surface area contributed by atoms with Gasteiger partial charge in [-0.25, -0.2) is 0 Å². The fraction of sp³-hybridized carbons (Fsp3) is 0.600. The third-order valence-corrected chi connectivity index (χ3v) is 5.48. The third-order valence-electron chi connectivity index (χ3n) is 4.35. The summed E-state index contributed by atoms with van der Waals surface area (Å²) in [7, 11) is 0. The van der Waals surface area contributed by atoms with Gasteiger partial charge in [0.05, 0.1) is 11.0 Å². The number of nitrogens with one attached hydrogen (secondary N) is 2. The molecule has 0 bridgehead atoms. The second-order valence-corrected chi connectivity index (χ2v) is 6.69.